The van der Waals surface area contributed by atoms with E-state index in [2.05, 4.69) is 15.3 Å². The lowest BCUT2D eigenvalue weighted by molar-refractivity contribution is -0.265. The maximum atomic E-state index is 14.4. The van der Waals surface area contributed by atoms with Crippen molar-refractivity contribution in [2.75, 3.05) is 13.2 Å². The second kappa shape index (κ2) is 10.7. The molecule has 3 heterocycles. The minimum atomic E-state index is -5.32. The van der Waals surface area contributed by atoms with E-state index in [1.54, 1.807) is 17.5 Å². The van der Waals surface area contributed by atoms with E-state index in [-0.39, 0.29) is 34.7 Å². The predicted octanol–water partition coefficient (Wildman–Crippen LogP) is 3.14. The number of aliphatic hydroxyl groups is 1. The van der Waals surface area contributed by atoms with Crippen molar-refractivity contribution < 1.29 is 37.0 Å². The maximum Gasteiger partial charge on any atom is 0.424 e. The van der Waals surface area contributed by atoms with E-state index >= 15 is 0 Å². The first-order chi connectivity index (χ1) is 18.4. The largest absolute Gasteiger partial charge is 0.491 e. The van der Waals surface area contributed by atoms with E-state index in [0.717, 1.165) is 18.2 Å². The molecule has 1 atom stereocenters. The van der Waals surface area contributed by atoms with Crippen molar-refractivity contribution in [2.45, 2.75) is 25.1 Å². The van der Waals surface area contributed by atoms with E-state index in [9.17, 15) is 32.3 Å². The van der Waals surface area contributed by atoms with Gasteiger partial charge in [-0.05, 0) is 49.4 Å². The van der Waals surface area contributed by atoms with E-state index < -0.39 is 48.1 Å². The number of nitrogens with one attached hydrogen (secondary N) is 1. The second-order valence-corrected chi connectivity index (χ2v) is 8.58. The number of carbonyl (C=O) groups excluding carboxylic acids is 2. The third-order valence-corrected chi connectivity index (χ3v) is 5.88. The van der Waals surface area contributed by atoms with Gasteiger partial charge in [0.15, 0.2) is 0 Å². The van der Waals surface area contributed by atoms with Gasteiger partial charge in [0.2, 0.25) is 11.5 Å². The highest BCUT2D eigenvalue weighted by Crippen LogP contribution is 2.42. The summed E-state index contributed by atoms with van der Waals surface area (Å²) in [4.78, 5) is 32.6. The zero-order valence-electron chi connectivity index (χ0n) is 20.5. The maximum absolute atomic E-state index is 14.4. The summed E-state index contributed by atoms with van der Waals surface area (Å²) in [6, 6.07) is 8.27. The first-order valence-electron chi connectivity index (χ1n) is 11.6. The van der Waals surface area contributed by atoms with Crippen LogP contribution in [0.3, 0.4) is 0 Å². The molecule has 4 aromatic rings. The zero-order chi connectivity index (χ0) is 28.4. The van der Waals surface area contributed by atoms with Crippen molar-refractivity contribution in [3.05, 3.63) is 83.7 Å². The van der Waals surface area contributed by atoms with Gasteiger partial charge in [0.25, 0.3) is 5.91 Å². The first kappa shape index (κ1) is 27.5. The molecule has 2 amide bonds. The minimum absolute atomic E-state index is 0.0132. The lowest BCUT2D eigenvalue weighted by Gasteiger charge is -2.31. The molecule has 0 aliphatic carbocycles. The average Bonchev–Trinajstić information content (AvgIpc) is 3.35. The van der Waals surface area contributed by atoms with Gasteiger partial charge in [-0.1, -0.05) is 0 Å². The predicted molar refractivity (Wildman–Crippen MR) is 131 cm³/mol. The Morgan fingerprint density at radius 3 is 2.49 bits per heavy atom. The van der Waals surface area contributed by atoms with Gasteiger partial charge in [-0.25, -0.2) is 14.4 Å². The highest BCUT2D eigenvalue weighted by atomic mass is 19.4. The Hall–Kier alpha value is -4.52. The molecule has 0 radical (unpaired) electrons. The van der Waals surface area contributed by atoms with Gasteiger partial charge in [0.1, 0.15) is 22.9 Å². The Morgan fingerprint density at radius 2 is 1.85 bits per heavy atom. The molecule has 0 spiro atoms. The molecular weight excluding hydrogens is 522 g/mol. The van der Waals surface area contributed by atoms with Gasteiger partial charge >= 0.3 is 6.18 Å². The lowest BCUT2D eigenvalue weighted by atomic mass is 9.93. The fourth-order valence-electron chi connectivity index (χ4n) is 3.92. The van der Waals surface area contributed by atoms with Crippen LogP contribution in [0.1, 0.15) is 28.5 Å². The average molecular weight is 545 g/mol. The number of nitrogens with zero attached hydrogens (tertiary/aromatic N) is 3. The van der Waals surface area contributed by atoms with Gasteiger partial charge in [-0.15, -0.1) is 0 Å². The molecule has 0 aliphatic rings. The molecule has 13 heteroatoms. The van der Waals surface area contributed by atoms with Crippen molar-refractivity contribution >= 4 is 17.5 Å². The van der Waals surface area contributed by atoms with Crippen LogP contribution in [-0.2, 0) is 16.8 Å². The molecule has 204 valence electrons. The fraction of sp³-hybridized carbons (Fsp3) is 0.231. The number of ether oxygens (including phenoxy) is 1. The van der Waals surface area contributed by atoms with E-state index in [1.807, 2.05) is 0 Å². The summed E-state index contributed by atoms with van der Waals surface area (Å²) < 4.78 is 64.0. The Morgan fingerprint density at radius 1 is 1.13 bits per heavy atom. The van der Waals surface area contributed by atoms with E-state index in [0.29, 0.717) is 5.65 Å². The number of nitrogens with two attached hydrogens (primary N) is 1. The Kier molecular flexibility index (Phi) is 7.54. The third-order valence-electron chi connectivity index (χ3n) is 5.88. The molecule has 0 saturated heterocycles. The highest BCUT2D eigenvalue weighted by Gasteiger charge is 2.56. The molecule has 39 heavy (non-hydrogen) atoms. The number of imidazole rings is 1. The number of amides is 2. The van der Waals surface area contributed by atoms with Crippen molar-refractivity contribution in [3.8, 4) is 17.0 Å². The monoisotopic (exact) mass is 545 g/mol. The molecule has 0 unspecified atom stereocenters. The molecule has 3 aromatic heterocycles. The van der Waals surface area contributed by atoms with Gasteiger partial charge in [-0.3, -0.25) is 9.59 Å². The molecule has 0 bridgehead atoms. The zero-order valence-corrected chi connectivity index (χ0v) is 20.5. The van der Waals surface area contributed by atoms with E-state index in [4.69, 9.17) is 10.5 Å². The normalized spacial score (nSPS) is 13.2. The summed E-state index contributed by atoms with van der Waals surface area (Å²) in [5, 5.41) is 13.1. The van der Waals surface area contributed by atoms with Crippen LogP contribution in [0.25, 0.3) is 16.9 Å². The number of carbonyl (C=O) groups is 2. The molecule has 0 aliphatic heterocycles. The molecule has 4 N–H and O–H groups in total. The summed E-state index contributed by atoms with van der Waals surface area (Å²) in [5.41, 5.74) is 1.03. The van der Waals surface area contributed by atoms with Gasteiger partial charge in [-0.2, -0.15) is 13.2 Å². The van der Waals surface area contributed by atoms with Crippen molar-refractivity contribution in [2.24, 2.45) is 5.73 Å². The second-order valence-electron chi connectivity index (χ2n) is 8.58. The molecular formula is C26H23F4N5O4. The van der Waals surface area contributed by atoms with Crippen molar-refractivity contribution in [3.63, 3.8) is 0 Å². The summed E-state index contributed by atoms with van der Waals surface area (Å²) in [6.45, 7) is 0.356. The van der Waals surface area contributed by atoms with Crippen LogP contribution in [0.2, 0.25) is 0 Å². The Bertz CT molecular complexity index is 1520. The molecule has 0 saturated carbocycles. The summed E-state index contributed by atoms with van der Waals surface area (Å²) in [5.74, 6) is -2.43. The van der Waals surface area contributed by atoms with Crippen molar-refractivity contribution in [1.82, 2.24) is 19.7 Å². The number of hydrogen-bond donors (Lipinski definition) is 3. The number of rotatable bonds is 9. The standard InChI is InChI=1S/C26H23F4N5O4/c1-2-39-23-17(12-20(31)36)11-19(34-22(23)15-3-5-18(27)6-4-15)25(38,26(28,29)30)14-33-24(37)16-7-9-35-10-8-32-21(35)13-16/h3-11,13,38H,2,12,14H2,1H3,(H2,31,36)(H,33,37)/t25-/m0/s1. The van der Waals surface area contributed by atoms with Crippen LogP contribution in [-0.4, -0.2) is 50.6 Å². The number of alkyl halides is 3. The van der Waals surface area contributed by atoms with E-state index in [1.165, 1.54) is 36.7 Å². The first-order valence-corrected chi connectivity index (χ1v) is 11.6. The Balaban J connectivity index is 1.79. The number of benzene rings is 1. The van der Waals surface area contributed by atoms with Crippen LogP contribution in [0.4, 0.5) is 17.6 Å². The van der Waals surface area contributed by atoms with Crippen LogP contribution in [0.15, 0.2) is 61.1 Å². The quantitative estimate of drug-likeness (QED) is 0.277. The fourth-order valence-corrected chi connectivity index (χ4v) is 3.92. The molecule has 0 fully saturated rings. The van der Waals surface area contributed by atoms with Gasteiger partial charge in [0.05, 0.1) is 25.3 Å². The number of primary amides is 1. The summed E-state index contributed by atoms with van der Waals surface area (Å²) >= 11 is 0. The van der Waals surface area contributed by atoms with Crippen LogP contribution < -0.4 is 15.8 Å². The number of aromatic nitrogens is 3. The molecule has 4 rings (SSSR count). The number of halogens is 4. The SMILES string of the molecule is CCOc1c(CC(N)=O)cc([C@@](O)(CNC(=O)c2ccn3ccnc3c2)C(F)(F)F)nc1-c1ccc(F)cc1. The lowest BCUT2D eigenvalue weighted by Crippen LogP contribution is -2.51. The number of pyridine rings is 2. The van der Waals surface area contributed by atoms with Crippen LogP contribution in [0, 0.1) is 5.82 Å². The number of hydrogen-bond acceptors (Lipinski definition) is 6. The van der Waals surface area contributed by atoms with Gasteiger partial charge < -0.3 is 25.3 Å². The summed E-state index contributed by atoms with van der Waals surface area (Å²) in [6.07, 6.45) is -1.24. The van der Waals surface area contributed by atoms with Crippen LogP contribution >= 0.6 is 0 Å². The van der Waals surface area contributed by atoms with Crippen LogP contribution in [0.5, 0.6) is 5.75 Å². The molecule has 9 nitrogen and oxygen atoms in total. The molecule has 1 aromatic carbocycles. The number of fused-ring (bicyclic) bond motifs is 1. The van der Waals surface area contributed by atoms with Crippen molar-refractivity contribution in [1.29, 1.82) is 0 Å². The Labute approximate surface area is 219 Å². The topological polar surface area (TPSA) is 132 Å². The summed E-state index contributed by atoms with van der Waals surface area (Å²) in [7, 11) is 0. The van der Waals surface area contributed by atoms with Gasteiger partial charge in [0, 0.05) is 35.3 Å². The smallest absolute Gasteiger partial charge is 0.424 e. The highest BCUT2D eigenvalue weighted by molar-refractivity contribution is 5.95. The third kappa shape index (κ3) is 5.67. The minimum Gasteiger partial charge on any atom is -0.491 e.